The molecule has 0 bridgehead atoms. The van der Waals surface area contributed by atoms with E-state index in [1.54, 1.807) is 0 Å². The number of halogens is 1. The number of rotatable bonds is 3. The quantitative estimate of drug-likeness (QED) is 0.880. The van der Waals surface area contributed by atoms with E-state index in [4.69, 9.17) is 0 Å². The van der Waals surface area contributed by atoms with E-state index in [1.165, 1.54) is 46.6 Å². The lowest BCUT2D eigenvalue weighted by atomic mass is 10.1. The number of hydrogen-bond donors (Lipinski definition) is 2. The average Bonchev–Trinajstić information content (AvgIpc) is 2.95. The maximum atomic E-state index is 3.66. The lowest BCUT2D eigenvalue weighted by molar-refractivity contribution is 0.525. The SMILES string of the molecule is Brc1cccc2[nH]cc(CNC3CCCC3)c12. The number of H-pyrrole nitrogens is 1. The van der Waals surface area contributed by atoms with Crippen LogP contribution in [-0.2, 0) is 6.54 Å². The van der Waals surface area contributed by atoms with Gasteiger partial charge < -0.3 is 10.3 Å². The largest absolute Gasteiger partial charge is 0.361 e. The Kier molecular flexibility index (Phi) is 3.21. The van der Waals surface area contributed by atoms with Crippen LogP contribution in [-0.4, -0.2) is 11.0 Å². The highest BCUT2D eigenvalue weighted by Gasteiger charge is 2.15. The van der Waals surface area contributed by atoms with Crippen molar-refractivity contribution in [3.63, 3.8) is 0 Å². The van der Waals surface area contributed by atoms with Gasteiger partial charge in [0.2, 0.25) is 0 Å². The normalized spacial score (nSPS) is 17.0. The molecule has 0 aliphatic heterocycles. The van der Waals surface area contributed by atoms with Gasteiger partial charge in [-0.25, -0.2) is 0 Å². The molecule has 17 heavy (non-hydrogen) atoms. The topological polar surface area (TPSA) is 27.8 Å². The Balaban J connectivity index is 1.80. The lowest BCUT2D eigenvalue weighted by Crippen LogP contribution is -2.25. The predicted octanol–water partition coefficient (Wildman–Crippen LogP) is 3.96. The minimum absolute atomic E-state index is 0.724. The van der Waals surface area contributed by atoms with Crippen molar-refractivity contribution in [3.05, 3.63) is 34.4 Å². The highest BCUT2D eigenvalue weighted by Crippen LogP contribution is 2.27. The second kappa shape index (κ2) is 4.83. The van der Waals surface area contributed by atoms with Gasteiger partial charge in [0.15, 0.2) is 0 Å². The van der Waals surface area contributed by atoms with E-state index < -0.39 is 0 Å². The fraction of sp³-hybridized carbons (Fsp3) is 0.429. The first-order valence-corrected chi connectivity index (χ1v) is 7.12. The average molecular weight is 293 g/mol. The molecule has 1 heterocycles. The van der Waals surface area contributed by atoms with Crippen LogP contribution in [0.1, 0.15) is 31.2 Å². The Labute approximate surface area is 110 Å². The first-order valence-electron chi connectivity index (χ1n) is 6.32. The summed E-state index contributed by atoms with van der Waals surface area (Å²) < 4.78 is 1.18. The molecule has 2 N–H and O–H groups in total. The van der Waals surface area contributed by atoms with Gasteiger partial charge in [0.05, 0.1) is 0 Å². The molecule has 3 rings (SSSR count). The smallest absolute Gasteiger partial charge is 0.0468 e. The van der Waals surface area contributed by atoms with Crippen molar-refractivity contribution in [2.24, 2.45) is 0 Å². The monoisotopic (exact) mass is 292 g/mol. The van der Waals surface area contributed by atoms with E-state index in [9.17, 15) is 0 Å². The minimum atomic E-state index is 0.724. The molecule has 0 amide bonds. The molecular formula is C14H17BrN2. The van der Waals surface area contributed by atoms with Gasteiger partial charge >= 0.3 is 0 Å². The number of hydrogen-bond acceptors (Lipinski definition) is 1. The Morgan fingerprint density at radius 3 is 2.94 bits per heavy atom. The molecule has 0 spiro atoms. The number of fused-ring (bicyclic) bond motifs is 1. The minimum Gasteiger partial charge on any atom is -0.361 e. The van der Waals surface area contributed by atoms with Crippen LogP contribution >= 0.6 is 15.9 Å². The summed E-state index contributed by atoms with van der Waals surface area (Å²) in [7, 11) is 0. The van der Waals surface area contributed by atoms with Gasteiger partial charge in [0.25, 0.3) is 0 Å². The summed E-state index contributed by atoms with van der Waals surface area (Å²) >= 11 is 3.63. The third-order valence-electron chi connectivity index (χ3n) is 3.67. The van der Waals surface area contributed by atoms with Crippen molar-refractivity contribution in [2.45, 2.75) is 38.3 Å². The summed E-state index contributed by atoms with van der Waals surface area (Å²) in [5.41, 5.74) is 2.57. The molecule has 2 nitrogen and oxygen atoms in total. The van der Waals surface area contributed by atoms with Crippen LogP contribution in [0.5, 0.6) is 0 Å². The molecule has 0 saturated heterocycles. The summed E-state index contributed by atoms with van der Waals surface area (Å²) in [6, 6.07) is 7.02. The molecule has 1 aliphatic rings. The Hall–Kier alpha value is -0.800. The van der Waals surface area contributed by atoms with E-state index in [2.05, 4.69) is 50.6 Å². The maximum absolute atomic E-state index is 3.66. The molecule has 2 aromatic rings. The molecule has 1 fully saturated rings. The van der Waals surface area contributed by atoms with Gasteiger partial charge in [0, 0.05) is 34.2 Å². The first kappa shape index (κ1) is 11.3. The molecule has 3 heteroatoms. The second-order valence-corrected chi connectivity index (χ2v) is 5.69. The highest BCUT2D eigenvalue weighted by atomic mass is 79.9. The summed E-state index contributed by atoms with van der Waals surface area (Å²) in [5, 5.41) is 4.98. The molecule has 0 radical (unpaired) electrons. The fourth-order valence-electron chi connectivity index (χ4n) is 2.73. The van der Waals surface area contributed by atoms with Crippen LogP contribution in [0.15, 0.2) is 28.9 Å². The van der Waals surface area contributed by atoms with Gasteiger partial charge in [-0.05, 0) is 30.5 Å². The zero-order chi connectivity index (χ0) is 11.7. The summed E-state index contributed by atoms with van der Waals surface area (Å²) in [6.07, 6.45) is 7.56. The van der Waals surface area contributed by atoms with Crippen molar-refractivity contribution in [1.82, 2.24) is 10.3 Å². The van der Waals surface area contributed by atoms with E-state index in [0.717, 1.165) is 12.6 Å². The number of aromatic nitrogens is 1. The van der Waals surface area contributed by atoms with E-state index in [0.29, 0.717) is 0 Å². The first-order chi connectivity index (χ1) is 8.34. The third kappa shape index (κ3) is 2.26. The zero-order valence-electron chi connectivity index (χ0n) is 9.80. The maximum Gasteiger partial charge on any atom is 0.0468 e. The summed E-state index contributed by atoms with van der Waals surface area (Å²) in [4.78, 5) is 3.33. The standard InChI is InChI=1S/C14H17BrN2/c15-12-6-3-7-13-14(12)10(9-17-13)8-16-11-4-1-2-5-11/h3,6-7,9,11,16-17H,1-2,4-5,8H2. The van der Waals surface area contributed by atoms with E-state index in [-0.39, 0.29) is 0 Å². The molecule has 0 unspecified atom stereocenters. The molecule has 1 aliphatic carbocycles. The van der Waals surface area contributed by atoms with Crippen LogP contribution in [0.2, 0.25) is 0 Å². The molecule has 1 aromatic carbocycles. The van der Waals surface area contributed by atoms with Gasteiger partial charge in [-0.2, -0.15) is 0 Å². The Bertz CT molecular complexity index is 512. The molecule has 1 saturated carbocycles. The van der Waals surface area contributed by atoms with Crippen LogP contribution in [0, 0.1) is 0 Å². The molecular weight excluding hydrogens is 276 g/mol. The lowest BCUT2D eigenvalue weighted by Gasteiger charge is -2.11. The second-order valence-electron chi connectivity index (χ2n) is 4.84. The van der Waals surface area contributed by atoms with E-state index >= 15 is 0 Å². The van der Waals surface area contributed by atoms with Gasteiger partial charge in [-0.1, -0.05) is 34.8 Å². The van der Waals surface area contributed by atoms with Crippen molar-refractivity contribution in [3.8, 4) is 0 Å². The number of nitrogens with one attached hydrogen (secondary N) is 2. The third-order valence-corrected chi connectivity index (χ3v) is 4.33. The van der Waals surface area contributed by atoms with Crippen molar-refractivity contribution < 1.29 is 0 Å². The number of aromatic amines is 1. The van der Waals surface area contributed by atoms with Crippen LogP contribution in [0.25, 0.3) is 10.9 Å². The molecule has 1 aromatic heterocycles. The van der Waals surface area contributed by atoms with Crippen LogP contribution < -0.4 is 5.32 Å². The van der Waals surface area contributed by atoms with E-state index in [1.807, 2.05) is 0 Å². The summed E-state index contributed by atoms with van der Waals surface area (Å²) in [5.74, 6) is 0. The van der Waals surface area contributed by atoms with Crippen molar-refractivity contribution >= 4 is 26.8 Å². The Morgan fingerprint density at radius 1 is 1.29 bits per heavy atom. The highest BCUT2D eigenvalue weighted by molar-refractivity contribution is 9.10. The van der Waals surface area contributed by atoms with Gasteiger partial charge in [-0.3, -0.25) is 0 Å². The molecule has 90 valence electrons. The van der Waals surface area contributed by atoms with Gasteiger partial charge in [-0.15, -0.1) is 0 Å². The van der Waals surface area contributed by atoms with Gasteiger partial charge in [0.1, 0.15) is 0 Å². The predicted molar refractivity (Wildman–Crippen MR) is 75.1 cm³/mol. The van der Waals surface area contributed by atoms with Crippen molar-refractivity contribution in [2.75, 3.05) is 0 Å². The fourth-order valence-corrected chi connectivity index (χ4v) is 3.35. The van der Waals surface area contributed by atoms with Crippen molar-refractivity contribution in [1.29, 1.82) is 0 Å². The number of benzene rings is 1. The van der Waals surface area contributed by atoms with Crippen LogP contribution in [0.4, 0.5) is 0 Å². The van der Waals surface area contributed by atoms with Crippen LogP contribution in [0.3, 0.4) is 0 Å². The summed E-state index contributed by atoms with van der Waals surface area (Å²) in [6.45, 7) is 0.966. The Morgan fingerprint density at radius 2 is 2.12 bits per heavy atom. The zero-order valence-corrected chi connectivity index (χ0v) is 11.4. The molecule has 0 atom stereocenters.